The number of ether oxygens (including phenoxy) is 1. The predicted octanol–water partition coefficient (Wildman–Crippen LogP) is 2.17. The summed E-state index contributed by atoms with van der Waals surface area (Å²) in [6.07, 6.45) is 1.71. The van der Waals surface area contributed by atoms with Gasteiger partial charge in [0.15, 0.2) is 0 Å². The van der Waals surface area contributed by atoms with Gasteiger partial charge in [0, 0.05) is 20.2 Å². The van der Waals surface area contributed by atoms with Crippen LogP contribution in [0.5, 0.6) is 0 Å². The molecule has 0 aromatic carbocycles. The first-order valence-corrected chi connectivity index (χ1v) is 9.63. The summed E-state index contributed by atoms with van der Waals surface area (Å²) in [5, 5.41) is 4.06. The van der Waals surface area contributed by atoms with Crippen molar-refractivity contribution in [2.45, 2.75) is 46.3 Å². The number of hydrogen-bond donors (Lipinski definition) is 0. The third kappa shape index (κ3) is 4.44. The maximum Gasteiger partial charge on any atom is 0.272 e. The van der Waals surface area contributed by atoms with Crippen molar-refractivity contribution in [3.8, 4) is 0 Å². The van der Waals surface area contributed by atoms with Crippen molar-refractivity contribution >= 4 is 8.07 Å². The highest BCUT2D eigenvalue weighted by molar-refractivity contribution is 6.76. The number of aryl methyl sites for hydroxylation is 1. The molecule has 17 heavy (non-hydrogen) atoms. The maximum absolute atomic E-state index is 11.8. The molecule has 96 valence electrons. The minimum Gasteiger partial charge on any atom is -0.359 e. The second-order valence-electron chi connectivity index (χ2n) is 5.61. The molecule has 0 saturated heterocycles. The Bertz CT molecular complexity index is 435. The number of hydrogen-bond acceptors (Lipinski definition) is 3. The minimum atomic E-state index is -1.06. The van der Waals surface area contributed by atoms with E-state index in [1.165, 1.54) is 4.68 Å². The van der Waals surface area contributed by atoms with Gasteiger partial charge in [0.05, 0.1) is 6.20 Å². The molecule has 0 aliphatic heterocycles. The molecule has 0 atom stereocenters. The van der Waals surface area contributed by atoms with Gasteiger partial charge in [-0.3, -0.25) is 4.79 Å². The highest BCUT2D eigenvalue weighted by Crippen LogP contribution is 2.07. The van der Waals surface area contributed by atoms with Crippen molar-refractivity contribution in [3.05, 3.63) is 27.7 Å². The van der Waals surface area contributed by atoms with Gasteiger partial charge in [-0.1, -0.05) is 19.6 Å². The average Bonchev–Trinajstić information content (AvgIpc) is 2.22. The Morgan fingerprint density at radius 3 is 2.59 bits per heavy atom. The van der Waals surface area contributed by atoms with Gasteiger partial charge in [-0.2, -0.15) is 5.10 Å². The number of nitrogens with zero attached hydrogens (tertiary/aromatic N) is 2. The lowest BCUT2D eigenvalue weighted by atomic mass is 10.2. The lowest BCUT2D eigenvalue weighted by Gasteiger charge is -2.15. The zero-order valence-electron chi connectivity index (χ0n) is 11.4. The van der Waals surface area contributed by atoms with E-state index in [2.05, 4.69) is 24.7 Å². The Kier molecular flexibility index (Phi) is 4.65. The Hall–Kier alpha value is -0.943. The van der Waals surface area contributed by atoms with Crippen LogP contribution >= 0.6 is 0 Å². The summed E-state index contributed by atoms with van der Waals surface area (Å²) in [5.41, 5.74) is 1.61. The predicted molar refractivity (Wildman–Crippen MR) is 72.1 cm³/mol. The molecule has 5 heteroatoms. The molecule has 4 nitrogen and oxygen atoms in total. The molecule has 0 bridgehead atoms. The van der Waals surface area contributed by atoms with Crippen LogP contribution in [0, 0.1) is 13.8 Å². The van der Waals surface area contributed by atoms with Crippen LogP contribution in [0.2, 0.25) is 25.7 Å². The van der Waals surface area contributed by atoms with Gasteiger partial charge in [-0.05, 0) is 25.5 Å². The Balaban J connectivity index is 2.54. The number of rotatable bonds is 5. The quantitative estimate of drug-likeness (QED) is 0.597. The van der Waals surface area contributed by atoms with Crippen LogP contribution in [0.1, 0.15) is 11.1 Å². The standard InChI is InChI=1S/C12H22N2O2Si/c1-10-8-13-14(12(15)11(10)2)9-16-6-7-17(3,4)5/h8H,6-7,9H2,1-5H3. The lowest BCUT2D eigenvalue weighted by Crippen LogP contribution is -2.28. The molecule has 1 heterocycles. The molecule has 0 aliphatic rings. The highest BCUT2D eigenvalue weighted by atomic mass is 28.3. The second kappa shape index (κ2) is 5.60. The van der Waals surface area contributed by atoms with Crippen molar-refractivity contribution in [1.82, 2.24) is 9.78 Å². The first kappa shape index (κ1) is 14.1. The topological polar surface area (TPSA) is 44.1 Å². The van der Waals surface area contributed by atoms with Crippen LogP contribution in [0.15, 0.2) is 11.0 Å². The normalized spacial score (nSPS) is 11.8. The van der Waals surface area contributed by atoms with Crippen molar-refractivity contribution < 1.29 is 4.74 Å². The van der Waals surface area contributed by atoms with Crippen LogP contribution in [0.3, 0.4) is 0 Å². The molecule has 0 spiro atoms. The molecule has 0 radical (unpaired) electrons. The summed E-state index contributed by atoms with van der Waals surface area (Å²) in [6, 6.07) is 1.10. The van der Waals surface area contributed by atoms with Crippen LogP contribution in [-0.2, 0) is 11.5 Å². The van der Waals surface area contributed by atoms with E-state index in [9.17, 15) is 4.79 Å². The van der Waals surface area contributed by atoms with Gasteiger partial charge < -0.3 is 4.74 Å². The van der Waals surface area contributed by atoms with E-state index in [1.807, 2.05) is 13.8 Å². The molecule has 0 unspecified atom stereocenters. The van der Waals surface area contributed by atoms with Gasteiger partial charge in [-0.25, -0.2) is 4.68 Å². The van der Waals surface area contributed by atoms with Gasteiger partial charge in [0.25, 0.3) is 5.56 Å². The molecule has 1 aromatic rings. The lowest BCUT2D eigenvalue weighted by molar-refractivity contribution is 0.0747. The first-order chi connectivity index (χ1) is 7.81. The van der Waals surface area contributed by atoms with Crippen LogP contribution < -0.4 is 5.56 Å². The Morgan fingerprint density at radius 2 is 2.00 bits per heavy atom. The summed E-state index contributed by atoms with van der Waals surface area (Å²) in [5.74, 6) is 0. The fraction of sp³-hybridized carbons (Fsp3) is 0.667. The molecule has 0 fully saturated rings. The van der Waals surface area contributed by atoms with Gasteiger partial charge in [0.2, 0.25) is 0 Å². The van der Waals surface area contributed by atoms with E-state index < -0.39 is 8.07 Å². The van der Waals surface area contributed by atoms with Crippen LogP contribution in [-0.4, -0.2) is 24.5 Å². The number of aromatic nitrogens is 2. The molecule has 0 amide bonds. The molecule has 1 rings (SSSR count). The van der Waals surface area contributed by atoms with Gasteiger partial charge in [0.1, 0.15) is 6.73 Å². The fourth-order valence-electron chi connectivity index (χ4n) is 1.29. The van der Waals surface area contributed by atoms with Crippen molar-refractivity contribution in [3.63, 3.8) is 0 Å². The summed E-state index contributed by atoms with van der Waals surface area (Å²) in [4.78, 5) is 11.8. The fourth-order valence-corrected chi connectivity index (χ4v) is 2.05. The molecule has 0 saturated carbocycles. The summed E-state index contributed by atoms with van der Waals surface area (Å²) >= 11 is 0. The summed E-state index contributed by atoms with van der Waals surface area (Å²) in [6.45, 7) is 11.6. The zero-order valence-corrected chi connectivity index (χ0v) is 12.4. The van der Waals surface area contributed by atoms with Crippen molar-refractivity contribution in [2.75, 3.05) is 6.61 Å². The van der Waals surface area contributed by atoms with E-state index in [0.717, 1.165) is 17.2 Å². The minimum absolute atomic E-state index is 0.0574. The molecule has 1 aromatic heterocycles. The zero-order chi connectivity index (χ0) is 13.1. The average molecular weight is 254 g/mol. The van der Waals surface area contributed by atoms with E-state index in [-0.39, 0.29) is 12.3 Å². The Morgan fingerprint density at radius 1 is 1.35 bits per heavy atom. The van der Waals surface area contributed by atoms with Gasteiger partial charge in [-0.15, -0.1) is 0 Å². The summed E-state index contributed by atoms with van der Waals surface area (Å²) in [7, 11) is -1.06. The molecular weight excluding hydrogens is 232 g/mol. The first-order valence-electron chi connectivity index (χ1n) is 5.92. The Labute approximate surface area is 104 Å². The third-order valence-corrected chi connectivity index (χ3v) is 4.45. The van der Waals surface area contributed by atoms with Crippen molar-refractivity contribution in [1.29, 1.82) is 0 Å². The SMILES string of the molecule is Cc1cnn(COCC[Si](C)(C)C)c(=O)c1C. The second-order valence-corrected chi connectivity index (χ2v) is 11.2. The monoisotopic (exact) mass is 254 g/mol. The summed E-state index contributed by atoms with van der Waals surface area (Å²) < 4.78 is 6.89. The maximum atomic E-state index is 11.8. The van der Waals surface area contributed by atoms with Crippen LogP contribution in [0.4, 0.5) is 0 Å². The largest absolute Gasteiger partial charge is 0.359 e. The molecule has 0 N–H and O–H groups in total. The smallest absolute Gasteiger partial charge is 0.272 e. The van der Waals surface area contributed by atoms with E-state index in [1.54, 1.807) is 6.20 Å². The van der Waals surface area contributed by atoms with Crippen molar-refractivity contribution in [2.24, 2.45) is 0 Å². The van der Waals surface area contributed by atoms with Crippen LogP contribution in [0.25, 0.3) is 0 Å². The highest BCUT2D eigenvalue weighted by Gasteiger charge is 2.12. The third-order valence-electron chi connectivity index (χ3n) is 2.75. The molecule has 0 aliphatic carbocycles. The van der Waals surface area contributed by atoms with E-state index >= 15 is 0 Å². The van der Waals surface area contributed by atoms with E-state index in [0.29, 0.717) is 6.61 Å². The molecular formula is C12H22N2O2Si. The van der Waals surface area contributed by atoms with Gasteiger partial charge >= 0.3 is 0 Å². The van der Waals surface area contributed by atoms with E-state index in [4.69, 9.17) is 4.74 Å².